The van der Waals surface area contributed by atoms with E-state index in [0.29, 0.717) is 28.3 Å². The first-order chi connectivity index (χ1) is 19.0. The molecule has 0 aliphatic carbocycles. The van der Waals surface area contributed by atoms with E-state index in [1.54, 1.807) is 6.07 Å². The molecule has 0 saturated heterocycles. The highest BCUT2D eigenvalue weighted by molar-refractivity contribution is 7.99. The van der Waals surface area contributed by atoms with Crippen LogP contribution in [0.4, 0.5) is 5.13 Å². The van der Waals surface area contributed by atoms with E-state index >= 15 is 0 Å². The number of nitrogens with one attached hydrogen (secondary N) is 2. The number of ether oxygens (including phenoxy) is 1. The van der Waals surface area contributed by atoms with Gasteiger partial charge in [-0.15, -0.1) is 10.2 Å². The molecule has 2 heterocycles. The van der Waals surface area contributed by atoms with Gasteiger partial charge in [-0.25, -0.2) is 4.98 Å². The van der Waals surface area contributed by atoms with E-state index in [4.69, 9.17) is 4.74 Å². The van der Waals surface area contributed by atoms with Crippen LogP contribution in [0.3, 0.4) is 0 Å². The van der Waals surface area contributed by atoms with Gasteiger partial charge in [0.15, 0.2) is 16.1 Å². The quantitative estimate of drug-likeness (QED) is 0.225. The molecule has 39 heavy (non-hydrogen) atoms. The van der Waals surface area contributed by atoms with Gasteiger partial charge in [0.1, 0.15) is 5.75 Å². The fraction of sp³-hybridized carbons (Fsp3) is 0.179. The van der Waals surface area contributed by atoms with Crippen LogP contribution in [0.1, 0.15) is 28.7 Å². The molecule has 5 rings (SSSR count). The molecule has 5 aromatic rings. The average molecular weight is 559 g/mol. The Morgan fingerprint density at radius 2 is 1.85 bits per heavy atom. The maximum absolute atomic E-state index is 12.7. The van der Waals surface area contributed by atoms with Crippen LogP contribution >= 0.6 is 23.1 Å². The number of carbonyl (C=O) groups is 2. The van der Waals surface area contributed by atoms with Gasteiger partial charge in [0.25, 0.3) is 5.91 Å². The van der Waals surface area contributed by atoms with Crippen molar-refractivity contribution in [1.82, 2.24) is 25.1 Å². The summed E-state index contributed by atoms with van der Waals surface area (Å²) in [6.07, 6.45) is 0. The Balaban J connectivity index is 1.32. The van der Waals surface area contributed by atoms with Crippen molar-refractivity contribution in [2.45, 2.75) is 25.5 Å². The third-order valence-corrected chi connectivity index (χ3v) is 7.55. The highest BCUT2D eigenvalue weighted by Crippen LogP contribution is 2.27. The van der Waals surface area contributed by atoms with Crippen molar-refractivity contribution in [3.05, 3.63) is 89.7 Å². The van der Waals surface area contributed by atoms with Crippen molar-refractivity contribution in [2.75, 3.05) is 17.7 Å². The lowest BCUT2D eigenvalue weighted by molar-refractivity contribution is -0.113. The van der Waals surface area contributed by atoms with Crippen molar-refractivity contribution in [3.8, 4) is 11.4 Å². The van der Waals surface area contributed by atoms with Crippen molar-refractivity contribution in [3.63, 3.8) is 0 Å². The summed E-state index contributed by atoms with van der Waals surface area (Å²) in [5, 5.41) is 15.5. The Morgan fingerprint density at radius 3 is 2.62 bits per heavy atom. The minimum Gasteiger partial charge on any atom is -0.494 e. The monoisotopic (exact) mass is 558 g/mol. The first-order valence-corrected chi connectivity index (χ1v) is 14.1. The lowest BCUT2D eigenvalue weighted by atomic mass is 10.1. The van der Waals surface area contributed by atoms with E-state index in [0.717, 1.165) is 27.2 Å². The predicted octanol–water partition coefficient (Wildman–Crippen LogP) is 5.24. The molecule has 0 atom stereocenters. The molecule has 2 aromatic heterocycles. The summed E-state index contributed by atoms with van der Waals surface area (Å²) < 4.78 is 8.42. The molecular weight excluding hydrogens is 532 g/mol. The summed E-state index contributed by atoms with van der Waals surface area (Å²) in [6.45, 7) is 4.59. The molecule has 0 fully saturated rings. The van der Waals surface area contributed by atoms with Gasteiger partial charge >= 0.3 is 0 Å². The zero-order valence-corrected chi connectivity index (χ0v) is 23.0. The smallest absolute Gasteiger partial charge is 0.251 e. The average Bonchev–Trinajstić information content (AvgIpc) is 3.54. The summed E-state index contributed by atoms with van der Waals surface area (Å²) in [5.41, 5.74) is 3.21. The van der Waals surface area contributed by atoms with Gasteiger partial charge in [0.2, 0.25) is 5.91 Å². The fourth-order valence-electron chi connectivity index (χ4n) is 3.88. The predicted molar refractivity (Wildman–Crippen MR) is 154 cm³/mol. The van der Waals surface area contributed by atoms with E-state index in [1.165, 1.54) is 23.1 Å². The highest BCUT2D eigenvalue weighted by atomic mass is 32.2. The maximum atomic E-state index is 12.7. The molecule has 9 nitrogen and oxygen atoms in total. The van der Waals surface area contributed by atoms with Gasteiger partial charge in [-0.05, 0) is 62.4 Å². The number of thioether (sulfide) groups is 1. The second-order valence-electron chi connectivity index (χ2n) is 8.54. The van der Waals surface area contributed by atoms with Crippen LogP contribution in [0, 0.1) is 6.92 Å². The number of aromatic nitrogens is 4. The summed E-state index contributed by atoms with van der Waals surface area (Å²) in [4.78, 5) is 29.9. The minimum absolute atomic E-state index is 0.112. The number of carbonyl (C=O) groups excluding carboxylic acids is 2. The Kier molecular flexibility index (Phi) is 8.18. The number of hydrogen-bond acceptors (Lipinski definition) is 8. The summed E-state index contributed by atoms with van der Waals surface area (Å²) in [5.74, 6) is 0.988. The second kappa shape index (κ2) is 12.1. The van der Waals surface area contributed by atoms with Gasteiger partial charge in [-0.2, -0.15) is 0 Å². The van der Waals surface area contributed by atoms with E-state index in [2.05, 4.69) is 25.8 Å². The SMILES string of the molecule is CCOc1ccc(-n2c(CNC(=O)c3cccc(C)c3)nnc2SCC(=O)Nc2nc3ccccc3s2)cc1. The molecule has 2 amide bonds. The molecule has 0 spiro atoms. The first-order valence-electron chi connectivity index (χ1n) is 12.3. The Morgan fingerprint density at radius 1 is 1.03 bits per heavy atom. The van der Waals surface area contributed by atoms with Crippen LogP contribution in [0.15, 0.2) is 78.0 Å². The summed E-state index contributed by atoms with van der Waals surface area (Å²) in [6, 6.07) is 22.6. The van der Waals surface area contributed by atoms with E-state index in [9.17, 15) is 9.59 Å². The number of benzene rings is 3. The molecule has 0 saturated carbocycles. The molecule has 0 radical (unpaired) electrons. The number of thiazole rings is 1. The maximum Gasteiger partial charge on any atom is 0.251 e. The summed E-state index contributed by atoms with van der Waals surface area (Å²) in [7, 11) is 0. The van der Waals surface area contributed by atoms with Crippen molar-refractivity contribution < 1.29 is 14.3 Å². The highest BCUT2D eigenvalue weighted by Gasteiger charge is 2.18. The van der Waals surface area contributed by atoms with Gasteiger partial charge in [0.05, 0.1) is 29.1 Å². The van der Waals surface area contributed by atoms with E-state index in [-0.39, 0.29) is 24.1 Å². The molecule has 0 aliphatic heterocycles. The van der Waals surface area contributed by atoms with Crippen LogP contribution in [0.2, 0.25) is 0 Å². The van der Waals surface area contributed by atoms with Gasteiger partial charge < -0.3 is 15.4 Å². The number of para-hydroxylation sites is 1. The van der Waals surface area contributed by atoms with Gasteiger partial charge in [-0.3, -0.25) is 14.2 Å². The second-order valence-corrected chi connectivity index (χ2v) is 10.5. The lowest BCUT2D eigenvalue weighted by Gasteiger charge is -2.12. The number of amides is 2. The normalized spacial score (nSPS) is 10.9. The van der Waals surface area contributed by atoms with Crippen LogP contribution in [0.25, 0.3) is 15.9 Å². The number of anilines is 1. The number of nitrogens with zero attached hydrogens (tertiary/aromatic N) is 4. The fourth-order valence-corrected chi connectivity index (χ4v) is 5.54. The summed E-state index contributed by atoms with van der Waals surface area (Å²) >= 11 is 2.68. The Bertz CT molecular complexity index is 1580. The molecule has 2 N–H and O–H groups in total. The Labute approximate surface area is 233 Å². The van der Waals surface area contributed by atoms with E-state index < -0.39 is 0 Å². The van der Waals surface area contributed by atoms with Gasteiger partial charge in [0, 0.05) is 11.3 Å². The number of hydrogen-bond donors (Lipinski definition) is 2. The molecule has 0 aliphatic rings. The Hall–Kier alpha value is -4.22. The first kappa shape index (κ1) is 26.4. The van der Waals surface area contributed by atoms with Gasteiger partial charge in [-0.1, -0.05) is 52.9 Å². The number of aryl methyl sites for hydroxylation is 1. The zero-order chi connectivity index (χ0) is 27.2. The number of fused-ring (bicyclic) bond motifs is 1. The topological polar surface area (TPSA) is 111 Å². The molecule has 0 bridgehead atoms. The molecule has 0 unspecified atom stereocenters. The van der Waals surface area contributed by atoms with Crippen LogP contribution in [-0.2, 0) is 11.3 Å². The molecular formula is C28H26N6O3S2. The lowest BCUT2D eigenvalue weighted by Crippen LogP contribution is -2.24. The van der Waals surface area contributed by atoms with Crippen molar-refractivity contribution in [2.24, 2.45) is 0 Å². The van der Waals surface area contributed by atoms with Crippen LogP contribution in [0.5, 0.6) is 5.75 Å². The third kappa shape index (κ3) is 6.44. The third-order valence-electron chi connectivity index (χ3n) is 5.67. The standard InChI is InChI=1S/C28H26N6O3S2/c1-3-37-21-13-11-20(12-14-21)34-24(16-29-26(36)19-8-6-7-18(2)15-19)32-33-28(34)38-17-25(35)31-27-30-22-9-4-5-10-23(22)39-27/h4-15H,3,16-17H2,1-2H3,(H,29,36)(H,30,31,35). The van der Waals surface area contributed by atoms with Crippen LogP contribution in [-0.4, -0.2) is 43.9 Å². The largest absolute Gasteiger partial charge is 0.494 e. The van der Waals surface area contributed by atoms with E-state index in [1.807, 2.05) is 85.1 Å². The molecule has 198 valence electrons. The van der Waals surface area contributed by atoms with Crippen molar-refractivity contribution >= 4 is 50.3 Å². The van der Waals surface area contributed by atoms with Crippen LogP contribution < -0.4 is 15.4 Å². The molecule has 3 aromatic carbocycles. The molecule has 11 heteroatoms. The number of rotatable bonds is 10. The van der Waals surface area contributed by atoms with Crippen molar-refractivity contribution in [1.29, 1.82) is 0 Å². The zero-order valence-electron chi connectivity index (χ0n) is 21.4. The minimum atomic E-state index is -0.204.